The van der Waals surface area contributed by atoms with Gasteiger partial charge in [0, 0.05) is 0 Å². The number of rotatable bonds is 6. The molecule has 2 nitrogen and oxygen atoms in total. The van der Waals surface area contributed by atoms with Crippen LogP contribution in [-0.2, 0) is 8.23 Å². The maximum absolute atomic E-state index is 6.24. The highest BCUT2D eigenvalue weighted by atomic mass is 28.4. The van der Waals surface area contributed by atoms with Gasteiger partial charge in [0.05, 0.1) is 0 Å². The first-order valence-electron chi connectivity index (χ1n) is 6.20. The van der Waals surface area contributed by atoms with Crippen molar-refractivity contribution in [1.82, 2.24) is 0 Å². The molecule has 0 amide bonds. The van der Waals surface area contributed by atoms with Crippen molar-refractivity contribution in [3.8, 4) is 0 Å². The number of hydrogen-bond acceptors (Lipinski definition) is 2. The first-order chi connectivity index (χ1) is 6.99. The van der Waals surface area contributed by atoms with Crippen molar-refractivity contribution in [1.29, 1.82) is 0 Å². The zero-order valence-electron chi connectivity index (χ0n) is 12.5. The zero-order valence-corrected chi connectivity index (χ0v) is 15.5. The minimum Gasteiger partial charge on any atom is -0.435 e. The van der Waals surface area contributed by atoms with Gasteiger partial charge in [-0.3, -0.25) is 0 Å². The van der Waals surface area contributed by atoms with Crippen molar-refractivity contribution < 1.29 is 8.23 Å². The molecule has 0 aliphatic carbocycles. The van der Waals surface area contributed by atoms with Crippen LogP contribution in [0.4, 0.5) is 0 Å². The van der Waals surface area contributed by atoms with Gasteiger partial charge in [-0.25, -0.2) is 0 Å². The molecule has 0 bridgehead atoms. The van der Waals surface area contributed by atoms with E-state index in [0.29, 0.717) is 11.1 Å². The van der Waals surface area contributed by atoms with Gasteiger partial charge in [0.25, 0.3) is 0 Å². The molecule has 16 heavy (non-hydrogen) atoms. The van der Waals surface area contributed by atoms with E-state index in [1.807, 2.05) is 0 Å². The fraction of sp³-hybridized carbons (Fsp3) is 1.00. The molecule has 0 aliphatic rings. The summed E-state index contributed by atoms with van der Waals surface area (Å²) in [5.41, 5.74) is 1.31. The average molecular weight is 278 g/mol. The molecule has 0 fully saturated rings. The highest BCUT2D eigenvalue weighted by Gasteiger charge is 2.35. The van der Waals surface area contributed by atoms with Crippen LogP contribution in [-0.4, -0.2) is 25.9 Å². The van der Waals surface area contributed by atoms with Gasteiger partial charge in [0.2, 0.25) is 0 Å². The van der Waals surface area contributed by atoms with Gasteiger partial charge in [-0.05, 0) is 43.8 Å². The molecule has 0 unspecified atom stereocenters. The Morgan fingerprint density at radius 1 is 0.750 bits per heavy atom. The summed E-state index contributed by atoms with van der Waals surface area (Å²) < 4.78 is 12.5. The van der Waals surface area contributed by atoms with Gasteiger partial charge in [-0.1, -0.05) is 27.7 Å². The van der Waals surface area contributed by atoms with E-state index in [1.54, 1.807) is 0 Å². The molecule has 0 rings (SSSR count). The van der Waals surface area contributed by atoms with E-state index in [0.717, 1.165) is 0 Å². The smallest absolute Gasteiger partial charge is 0.359 e. The van der Waals surface area contributed by atoms with Crippen LogP contribution in [0.3, 0.4) is 0 Å². The summed E-state index contributed by atoms with van der Waals surface area (Å²) in [4.78, 5) is 0. The Morgan fingerprint density at radius 3 is 1.19 bits per heavy atom. The lowest BCUT2D eigenvalue weighted by Crippen LogP contribution is -2.46. The highest BCUT2D eigenvalue weighted by molar-refractivity contribution is 6.82. The summed E-state index contributed by atoms with van der Waals surface area (Å²) in [6.45, 7) is 20.3. The van der Waals surface area contributed by atoms with Crippen molar-refractivity contribution in [2.24, 2.45) is 0 Å². The van der Waals surface area contributed by atoms with Gasteiger partial charge in [0.1, 0.15) is 0 Å². The summed E-state index contributed by atoms with van der Waals surface area (Å²) in [6, 6.07) is 0. The molecule has 0 aliphatic heterocycles. The maximum Gasteiger partial charge on any atom is 0.359 e. The Morgan fingerprint density at radius 2 is 1.00 bits per heavy atom. The number of hydrogen-bond donors (Lipinski definition) is 0. The van der Waals surface area contributed by atoms with Crippen molar-refractivity contribution in [2.45, 2.75) is 71.5 Å². The molecule has 0 aromatic heterocycles. The third-order valence-corrected chi connectivity index (χ3v) is 15.7. The lowest BCUT2D eigenvalue weighted by molar-refractivity contribution is 0.410. The predicted molar refractivity (Wildman–Crippen MR) is 78.9 cm³/mol. The Kier molecular flexibility index (Phi) is 6.16. The van der Waals surface area contributed by atoms with Crippen LogP contribution in [0.5, 0.6) is 0 Å². The topological polar surface area (TPSA) is 18.5 Å². The highest BCUT2D eigenvalue weighted by Crippen LogP contribution is 2.26. The van der Waals surface area contributed by atoms with Crippen molar-refractivity contribution >= 4 is 25.9 Å². The Balaban J connectivity index is 4.34. The third-order valence-electron chi connectivity index (χ3n) is 3.59. The fourth-order valence-corrected chi connectivity index (χ4v) is 9.35. The maximum atomic E-state index is 6.24. The van der Waals surface area contributed by atoms with Gasteiger partial charge in [-0.15, -0.1) is 0 Å². The SMILES string of the molecule is CC(C)[Si](C)(C)O[Si](C)O[Si](C)(C)C(C)C. The third kappa shape index (κ3) is 5.27. The van der Waals surface area contributed by atoms with E-state index >= 15 is 0 Å². The van der Waals surface area contributed by atoms with Gasteiger partial charge in [0.15, 0.2) is 16.6 Å². The standard InChI is InChI=1S/C11H29O2Si3/c1-10(2)15(6,7)12-14(5)13-16(8,9)11(3)4/h10-11H,1-9H3. The first kappa shape index (κ1) is 16.6. The first-order valence-corrected chi connectivity index (χ1v) is 14.0. The van der Waals surface area contributed by atoms with Crippen molar-refractivity contribution in [3.05, 3.63) is 0 Å². The van der Waals surface area contributed by atoms with Crippen LogP contribution in [0.2, 0.25) is 43.8 Å². The molecule has 0 heterocycles. The molecule has 0 saturated heterocycles. The minimum absolute atomic E-state index is 0.653. The molecule has 0 saturated carbocycles. The molecule has 0 atom stereocenters. The zero-order chi connectivity index (χ0) is 13.1. The van der Waals surface area contributed by atoms with E-state index in [1.165, 1.54) is 0 Å². The Hall–Kier alpha value is 0.571. The van der Waals surface area contributed by atoms with Gasteiger partial charge < -0.3 is 8.23 Å². The van der Waals surface area contributed by atoms with E-state index < -0.39 is 25.9 Å². The van der Waals surface area contributed by atoms with E-state index in [2.05, 4.69) is 60.4 Å². The summed E-state index contributed by atoms with van der Waals surface area (Å²) in [5, 5.41) is 0. The lowest BCUT2D eigenvalue weighted by atomic mass is 10.6. The van der Waals surface area contributed by atoms with Gasteiger partial charge in [-0.2, -0.15) is 0 Å². The molecule has 97 valence electrons. The summed E-state index contributed by atoms with van der Waals surface area (Å²) in [7, 11) is -4.14. The predicted octanol–water partition coefficient (Wildman–Crippen LogP) is 4.37. The minimum atomic E-state index is -1.54. The quantitative estimate of drug-likeness (QED) is 0.671. The molecular formula is C11H29O2Si3. The van der Waals surface area contributed by atoms with Gasteiger partial charge >= 0.3 is 9.28 Å². The van der Waals surface area contributed by atoms with Crippen LogP contribution in [0.1, 0.15) is 27.7 Å². The van der Waals surface area contributed by atoms with E-state index in [4.69, 9.17) is 8.23 Å². The summed E-state index contributed by atoms with van der Waals surface area (Å²) in [6.07, 6.45) is 0. The normalized spacial score (nSPS) is 14.2. The molecule has 0 aromatic rings. The average Bonchev–Trinajstić information content (AvgIpc) is 2.00. The molecule has 0 spiro atoms. The van der Waals surface area contributed by atoms with Crippen molar-refractivity contribution in [3.63, 3.8) is 0 Å². The van der Waals surface area contributed by atoms with Crippen LogP contribution < -0.4 is 0 Å². The summed E-state index contributed by atoms with van der Waals surface area (Å²) >= 11 is 0. The Labute approximate surface area is 106 Å². The van der Waals surface area contributed by atoms with Crippen LogP contribution in [0.25, 0.3) is 0 Å². The van der Waals surface area contributed by atoms with E-state index in [-0.39, 0.29) is 0 Å². The fourth-order valence-electron chi connectivity index (χ4n) is 0.997. The summed E-state index contributed by atoms with van der Waals surface area (Å²) in [5.74, 6) is 0. The molecule has 0 N–H and O–H groups in total. The lowest BCUT2D eigenvalue weighted by Gasteiger charge is -2.35. The molecular weight excluding hydrogens is 248 g/mol. The molecule has 5 heteroatoms. The second-order valence-corrected chi connectivity index (χ2v) is 17.6. The second-order valence-electron chi connectivity index (χ2n) is 6.21. The molecule has 0 aromatic carbocycles. The van der Waals surface area contributed by atoms with Crippen molar-refractivity contribution in [2.75, 3.05) is 0 Å². The second kappa shape index (κ2) is 5.95. The van der Waals surface area contributed by atoms with Crippen LogP contribution in [0.15, 0.2) is 0 Å². The van der Waals surface area contributed by atoms with Crippen LogP contribution >= 0.6 is 0 Å². The van der Waals surface area contributed by atoms with E-state index in [9.17, 15) is 0 Å². The van der Waals surface area contributed by atoms with Crippen LogP contribution in [0, 0.1) is 0 Å². The molecule has 1 radical (unpaired) electrons. The Bertz CT molecular complexity index is 193. The monoisotopic (exact) mass is 277 g/mol. The largest absolute Gasteiger partial charge is 0.435 e.